The fourth-order valence-corrected chi connectivity index (χ4v) is 1.56. The second kappa shape index (κ2) is 4.09. The van der Waals surface area contributed by atoms with E-state index in [2.05, 4.69) is 14.2 Å². The van der Waals surface area contributed by atoms with Gasteiger partial charge in [0.2, 0.25) is 5.88 Å². The number of halogens is 3. The first-order valence-electron chi connectivity index (χ1n) is 4.52. The highest BCUT2D eigenvalue weighted by molar-refractivity contribution is 7.87. The van der Waals surface area contributed by atoms with Gasteiger partial charge in [-0.1, -0.05) is 0 Å². The maximum atomic E-state index is 12.1. The molecule has 2 rings (SSSR count). The van der Waals surface area contributed by atoms with E-state index in [-0.39, 0.29) is 5.52 Å². The number of hydrogen-bond donors (Lipinski definition) is 0. The molecule has 18 heavy (non-hydrogen) atoms. The lowest BCUT2D eigenvalue weighted by molar-refractivity contribution is -0.0501. The Balaban J connectivity index is 2.39. The van der Waals surface area contributed by atoms with Crippen molar-refractivity contribution < 1.29 is 25.8 Å². The molecule has 0 atom stereocenters. The molecule has 0 fully saturated rings. The second-order valence-corrected chi connectivity index (χ2v) is 4.71. The third kappa shape index (κ3) is 2.35. The number of pyridine rings is 2. The molecule has 9 heteroatoms. The van der Waals surface area contributed by atoms with Gasteiger partial charge in [0, 0.05) is 12.3 Å². The van der Waals surface area contributed by atoms with Crippen LogP contribution in [-0.4, -0.2) is 23.9 Å². The van der Waals surface area contributed by atoms with Crippen LogP contribution in [0.3, 0.4) is 0 Å². The van der Waals surface area contributed by atoms with Crippen molar-refractivity contribution in [3.05, 3.63) is 30.5 Å². The Morgan fingerprint density at radius 2 is 1.83 bits per heavy atom. The first-order chi connectivity index (χ1) is 8.29. The van der Waals surface area contributed by atoms with Crippen LogP contribution in [0.5, 0.6) is 5.88 Å². The first-order valence-corrected chi connectivity index (χ1v) is 5.93. The predicted molar refractivity (Wildman–Crippen MR) is 55.1 cm³/mol. The van der Waals surface area contributed by atoms with Crippen molar-refractivity contribution in [3.8, 4) is 5.88 Å². The van der Waals surface area contributed by atoms with Gasteiger partial charge >= 0.3 is 15.6 Å². The summed E-state index contributed by atoms with van der Waals surface area (Å²) in [5.41, 5.74) is -4.85. The van der Waals surface area contributed by atoms with Crippen LogP contribution >= 0.6 is 0 Å². The van der Waals surface area contributed by atoms with Gasteiger partial charge in [-0.05, 0) is 18.2 Å². The predicted octanol–water partition coefficient (Wildman–Crippen LogP) is 1.86. The van der Waals surface area contributed by atoms with E-state index in [1.165, 1.54) is 24.4 Å². The molecule has 0 N–H and O–H groups in total. The van der Waals surface area contributed by atoms with E-state index < -0.39 is 21.5 Å². The fourth-order valence-electron chi connectivity index (χ4n) is 1.14. The zero-order valence-electron chi connectivity index (χ0n) is 8.55. The summed E-state index contributed by atoms with van der Waals surface area (Å²) >= 11 is 0. The summed E-state index contributed by atoms with van der Waals surface area (Å²) in [5.74, 6) is -0.659. The number of hydrogen-bond acceptors (Lipinski definition) is 5. The van der Waals surface area contributed by atoms with Crippen molar-refractivity contribution in [1.82, 2.24) is 9.97 Å². The largest absolute Gasteiger partial charge is 0.534 e. The van der Waals surface area contributed by atoms with Gasteiger partial charge in [0.05, 0.1) is 11.0 Å². The zero-order chi connectivity index (χ0) is 13.4. The molecule has 2 heterocycles. The van der Waals surface area contributed by atoms with Crippen molar-refractivity contribution in [2.24, 2.45) is 0 Å². The third-order valence-corrected chi connectivity index (χ3v) is 2.87. The van der Waals surface area contributed by atoms with E-state index in [4.69, 9.17) is 0 Å². The van der Waals surface area contributed by atoms with E-state index in [0.29, 0.717) is 5.52 Å². The van der Waals surface area contributed by atoms with Crippen molar-refractivity contribution >= 4 is 21.2 Å². The highest BCUT2D eigenvalue weighted by atomic mass is 32.2. The Morgan fingerprint density at radius 1 is 1.11 bits per heavy atom. The summed E-state index contributed by atoms with van der Waals surface area (Å²) in [5, 5.41) is 0. The van der Waals surface area contributed by atoms with E-state index in [9.17, 15) is 21.6 Å². The number of fused-ring (bicyclic) bond motifs is 1. The van der Waals surface area contributed by atoms with Crippen molar-refractivity contribution in [2.45, 2.75) is 5.51 Å². The fraction of sp³-hybridized carbons (Fsp3) is 0.111. The van der Waals surface area contributed by atoms with Crippen LogP contribution in [0.15, 0.2) is 30.5 Å². The van der Waals surface area contributed by atoms with Gasteiger partial charge in [-0.25, -0.2) is 4.98 Å². The minimum Gasteiger partial charge on any atom is -0.355 e. The molecule has 0 saturated heterocycles. The standard InChI is InChI=1S/C9H5F3N2O3S/c10-9(11,12)18(15,16)17-8-4-3-6-7(14-8)2-1-5-13-6/h1-5H. The lowest BCUT2D eigenvalue weighted by atomic mass is 10.3. The molecule has 0 saturated carbocycles. The number of nitrogens with zero attached hydrogens (tertiary/aromatic N) is 2. The zero-order valence-corrected chi connectivity index (χ0v) is 9.36. The maximum Gasteiger partial charge on any atom is 0.534 e. The summed E-state index contributed by atoms with van der Waals surface area (Å²) in [7, 11) is -5.70. The van der Waals surface area contributed by atoms with Crippen LogP contribution in [0.25, 0.3) is 11.0 Å². The molecule has 0 spiro atoms. The lowest BCUT2D eigenvalue weighted by Gasteiger charge is -2.08. The van der Waals surface area contributed by atoms with Crippen LogP contribution in [0.4, 0.5) is 13.2 Å². The van der Waals surface area contributed by atoms with Gasteiger partial charge < -0.3 is 4.18 Å². The molecular formula is C9H5F3N2O3S. The smallest absolute Gasteiger partial charge is 0.355 e. The molecule has 0 unspecified atom stereocenters. The minimum absolute atomic E-state index is 0.229. The van der Waals surface area contributed by atoms with Gasteiger partial charge in [0.15, 0.2) is 0 Å². The molecule has 0 aliphatic heterocycles. The SMILES string of the molecule is O=S(=O)(Oc1ccc2ncccc2n1)C(F)(F)F. The highest BCUT2D eigenvalue weighted by Gasteiger charge is 2.48. The molecule has 2 aromatic rings. The summed E-state index contributed by atoms with van der Waals surface area (Å²) in [6.45, 7) is 0. The van der Waals surface area contributed by atoms with Crippen molar-refractivity contribution in [1.29, 1.82) is 0 Å². The Hall–Kier alpha value is -1.90. The highest BCUT2D eigenvalue weighted by Crippen LogP contribution is 2.26. The van der Waals surface area contributed by atoms with E-state index in [1.807, 2.05) is 0 Å². The van der Waals surface area contributed by atoms with E-state index >= 15 is 0 Å². The van der Waals surface area contributed by atoms with Crippen molar-refractivity contribution in [2.75, 3.05) is 0 Å². The normalized spacial score (nSPS) is 12.6. The summed E-state index contributed by atoms with van der Waals surface area (Å²) in [6.07, 6.45) is 1.47. The summed E-state index contributed by atoms with van der Waals surface area (Å²) in [6, 6.07) is 5.29. The molecule has 0 amide bonds. The van der Waals surface area contributed by atoms with Crippen LogP contribution in [0.1, 0.15) is 0 Å². The van der Waals surface area contributed by atoms with Crippen LogP contribution < -0.4 is 4.18 Å². The maximum absolute atomic E-state index is 12.1. The van der Waals surface area contributed by atoms with Gasteiger partial charge in [-0.2, -0.15) is 21.6 Å². The Bertz CT molecular complexity index is 685. The number of rotatable bonds is 2. The molecule has 0 aliphatic rings. The third-order valence-electron chi connectivity index (χ3n) is 1.91. The lowest BCUT2D eigenvalue weighted by Crippen LogP contribution is -2.28. The van der Waals surface area contributed by atoms with Gasteiger partial charge in [-0.3, -0.25) is 4.98 Å². The average Bonchev–Trinajstić information content (AvgIpc) is 2.27. The number of alkyl halides is 3. The van der Waals surface area contributed by atoms with E-state index in [1.54, 1.807) is 0 Å². The first kappa shape index (κ1) is 12.6. The van der Waals surface area contributed by atoms with Gasteiger partial charge in [-0.15, -0.1) is 0 Å². The topological polar surface area (TPSA) is 69.2 Å². The van der Waals surface area contributed by atoms with Gasteiger partial charge in [0.1, 0.15) is 0 Å². The molecule has 0 aliphatic carbocycles. The monoisotopic (exact) mass is 278 g/mol. The van der Waals surface area contributed by atoms with Crippen LogP contribution in [0, 0.1) is 0 Å². The quantitative estimate of drug-likeness (QED) is 0.619. The van der Waals surface area contributed by atoms with Gasteiger partial charge in [0.25, 0.3) is 0 Å². The molecule has 2 aromatic heterocycles. The molecule has 96 valence electrons. The molecule has 0 radical (unpaired) electrons. The van der Waals surface area contributed by atoms with Crippen LogP contribution in [-0.2, 0) is 10.1 Å². The molecule has 5 nitrogen and oxygen atoms in total. The average molecular weight is 278 g/mol. The minimum atomic E-state index is -5.70. The Labute approximate surface area is 99.4 Å². The summed E-state index contributed by atoms with van der Waals surface area (Å²) in [4.78, 5) is 7.49. The van der Waals surface area contributed by atoms with Crippen molar-refractivity contribution in [3.63, 3.8) is 0 Å². The van der Waals surface area contributed by atoms with Crippen LogP contribution in [0.2, 0.25) is 0 Å². The molecule has 0 aromatic carbocycles. The molecule has 0 bridgehead atoms. The Kier molecular flexibility index (Phi) is 2.85. The number of aromatic nitrogens is 2. The van der Waals surface area contributed by atoms with E-state index in [0.717, 1.165) is 6.07 Å². The molecular weight excluding hydrogens is 273 g/mol. The Morgan fingerprint density at radius 3 is 2.50 bits per heavy atom. The summed E-state index contributed by atoms with van der Waals surface area (Å²) < 4.78 is 61.6. The second-order valence-electron chi connectivity index (χ2n) is 3.17.